The van der Waals surface area contributed by atoms with Gasteiger partial charge in [-0.05, 0) is 69.1 Å². The van der Waals surface area contributed by atoms with E-state index in [2.05, 4.69) is 24.6 Å². The molecule has 1 aromatic carbocycles. The molecule has 1 aliphatic rings. The quantitative estimate of drug-likeness (QED) is 0.247. The van der Waals surface area contributed by atoms with Crippen LogP contribution in [-0.4, -0.2) is 51.2 Å². The Morgan fingerprint density at radius 1 is 1.28 bits per heavy atom. The van der Waals surface area contributed by atoms with Crippen LogP contribution >= 0.6 is 11.9 Å². The van der Waals surface area contributed by atoms with Gasteiger partial charge < -0.3 is 5.32 Å². The van der Waals surface area contributed by atoms with Gasteiger partial charge in [0.15, 0.2) is 5.78 Å². The fourth-order valence-electron chi connectivity index (χ4n) is 4.12. The normalized spacial score (nSPS) is 16.3. The second kappa shape index (κ2) is 12.0. The minimum Gasteiger partial charge on any atom is -0.351 e. The number of nitrogens with one attached hydrogen (secondary N) is 1. The molecule has 0 radical (unpaired) electrons. The van der Waals surface area contributed by atoms with E-state index in [4.69, 9.17) is 0 Å². The number of aryl methyl sites for hydroxylation is 1. The summed E-state index contributed by atoms with van der Waals surface area (Å²) in [5.41, 5.74) is 2.25. The number of anilines is 1. The van der Waals surface area contributed by atoms with Crippen LogP contribution in [0.25, 0.3) is 5.57 Å². The number of allylic oxidation sites excluding steroid dienone is 1. The van der Waals surface area contributed by atoms with E-state index in [1.165, 1.54) is 13.1 Å². The molecular weight excluding hydrogens is 487 g/mol. The number of aliphatic imine (C=N–C) groups is 1. The smallest absolute Gasteiger partial charge is 0.351 e. The Labute approximate surface area is 214 Å². The van der Waals surface area contributed by atoms with Crippen molar-refractivity contribution in [1.82, 2.24) is 14.3 Å². The van der Waals surface area contributed by atoms with Gasteiger partial charge in [-0.15, -0.1) is 0 Å². The third kappa shape index (κ3) is 6.94. The number of hydrogen-bond donors (Lipinski definition) is 1. The van der Waals surface area contributed by atoms with Gasteiger partial charge in [-0.25, -0.2) is 9.97 Å². The Morgan fingerprint density at radius 2 is 1.97 bits per heavy atom. The van der Waals surface area contributed by atoms with Crippen LogP contribution < -0.4 is 5.32 Å². The lowest BCUT2D eigenvalue weighted by atomic mass is 9.98. The summed E-state index contributed by atoms with van der Waals surface area (Å²) in [4.78, 5) is 24.4. The van der Waals surface area contributed by atoms with Gasteiger partial charge in [-0.3, -0.25) is 14.1 Å². The van der Waals surface area contributed by atoms with Crippen molar-refractivity contribution in [2.24, 2.45) is 4.99 Å². The molecule has 36 heavy (non-hydrogen) atoms. The number of nitrogens with zero attached hydrogens (tertiary/aromatic N) is 4. The Kier molecular flexibility index (Phi) is 9.30. The average Bonchev–Trinajstić information content (AvgIpc) is 2.84. The minimum absolute atomic E-state index is 0.0296. The van der Waals surface area contributed by atoms with E-state index < -0.39 is 11.7 Å². The van der Waals surface area contributed by atoms with E-state index in [9.17, 15) is 18.0 Å². The van der Waals surface area contributed by atoms with Crippen molar-refractivity contribution in [3.63, 3.8) is 0 Å². The Bertz CT molecular complexity index is 1150. The van der Waals surface area contributed by atoms with Gasteiger partial charge in [-0.1, -0.05) is 31.0 Å². The van der Waals surface area contributed by atoms with E-state index in [1.807, 2.05) is 26.2 Å². The van der Waals surface area contributed by atoms with E-state index in [1.54, 1.807) is 31.0 Å². The first-order valence-corrected chi connectivity index (χ1v) is 13.1. The molecule has 1 fully saturated rings. The molecule has 0 bridgehead atoms. The summed E-state index contributed by atoms with van der Waals surface area (Å²) in [5, 5.41) is 3.21. The van der Waals surface area contributed by atoms with Gasteiger partial charge in [0.1, 0.15) is 0 Å². The molecule has 0 spiro atoms. The standard InChI is InChI=1S/C26H32F3N5OS/c1-6-23(21-8-7-19(18(4)35)13-16(21)2)30-14-17(3)24-22(26(27,28)29)15-31-25(33-24)32-20-9-11-34(36-5)12-10-20/h7-8,13-15,20H,6,9-12H2,1-5H3,(H,31,32,33)/b17-14+,30-23?. The molecule has 194 valence electrons. The molecule has 1 aliphatic heterocycles. The molecule has 10 heteroatoms. The lowest BCUT2D eigenvalue weighted by Gasteiger charge is -2.30. The summed E-state index contributed by atoms with van der Waals surface area (Å²) in [6.45, 7) is 8.68. The fourth-order valence-corrected chi connectivity index (χ4v) is 4.69. The first-order chi connectivity index (χ1) is 17.0. The van der Waals surface area contributed by atoms with Crippen LogP contribution in [-0.2, 0) is 6.18 Å². The van der Waals surface area contributed by atoms with Gasteiger partial charge in [0, 0.05) is 42.8 Å². The van der Waals surface area contributed by atoms with Crippen LogP contribution in [0, 0.1) is 6.92 Å². The predicted molar refractivity (Wildman–Crippen MR) is 140 cm³/mol. The van der Waals surface area contributed by atoms with Crippen LogP contribution in [0.5, 0.6) is 0 Å². The monoisotopic (exact) mass is 519 g/mol. The number of halogens is 3. The van der Waals surface area contributed by atoms with E-state index >= 15 is 0 Å². The Morgan fingerprint density at radius 3 is 2.53 bits per heavy atom. The van der Waals surface area contributed by atoms with Crippen molar-refractivity contribution in [2.45, 2.75) is 59.2 Å². The largest absolute Gasteiger partial charge is 0.419 e. The van der Waals surface area contributed by atoms with Crippen LogP contribution in [0.15, 0.2) is 35.6 Å². The number of Topliss-reactive ketones (excluding diaryl/α,β-unsaturated/α-hetero) is 1. The Hall–Kier alpha value is -2.72. The number of carbonyl (C=O) groups excluding carboxylic acids is 1. The first-order valence-electron chi connectivity index (χ1n) is 11.9. The lowest BCUT2D eigenvalue weighted by Crippen LogP contribution is -2.35. The summed E-state index contributed by atoms with van der Waals surface area (Å²) in [6, 6.07) is 5.47. The van der Waals surface area contributed by atoms with Gasteiger partial charge >= 0.3 is 6.18 Å². The SMILES string of the molecule is CCC(=N/C=C(\C)c1nc(NC2CCN(SC)CC2)ncc1C(F)(F)F)c1ccc(C(C)=O)cc1C. The number of hydrogen-bond acceptors (Lipinski definition) is 7. The van der Waals surface area contributed by atoms with Crippen molar-refractivity contribution in [1.29, 1.82) is 0 Å². The van der Waals surface area contributed by atoms with Gasteiger partial charge in [0.05, 0.1) is 11.3 Å². The maximum atomic E-state index is 13.8. The molecule has 6 nitrogen and oxygen atoms in total. The van der Waals surface area contributed by atoms with Crippen molar-refractivity contribution in [3.05, 3.63) is 58.5 Å². The highest BCUT2D eigenvalue weighted by Crippen LogP contribution is 2.34. The highest BCUT2D eigenvalue weighted by Gasteiger charge is 2.35. The molecule has 1 aromatic heterocycles. The van der Waals surface area contributed by atoms with Gasteiger partial charge in [0.25, 0.3) is 0 Å². The molecule has 2 aromatic rings. The number of aromatic nitrogens is 2. The maximum Gasteiger partial charge on any atom is 0.419 e. The topological polar surface area (TPSA) is 70.5 Å². The third-order valence-electron chi connectivity index (χ3n) is 6.21. The molecule has 0 amide bonds. The van der Waals surface area contributed by atoms with Crippen LogP contribution in [0.4, 0.5) is 19.1 Å². The summed E-state index contributed by atoms with van der Waals surface area (Å²) in [6.07, 6.45) is 2.00. The summed E-state index contributed by atoms with van der Waals surface area (Å²) >= 11 is 1.69. The van der Waals surface area contributed by atoms with Crippen molar-refractivity contribution in [2.75, 3.05) is 24.7 Å². The highest BCUT2D eigenvalue weighted by atomic mass is 32.2. The second-order valence-corrected chi connectivity index (χ2v) is 9.69. The summed E-state index contributed by atoms with van der Waals surface area (Å²) < 4.78 is 43.6. The minimum atomic E-state index is -4.59. The predicted octanol–water partition coefficient (Wildman–Crippen LogP) is 6.42. The molecule has 1 saturated heterocycles. The molecule has 0 atom stereocenters. The number of alkyl halides is 3. The number of rotatable bonds is 8. The van der Waals surface area contributed by atoms with E-state index in [0.29, 0.717) is 17.7 Å². The van der Waals surface area contributed by atoms with Crippen LogP contribution in [0.2, 0.25) is 0 Å². The van der Waals surface area contributed by atoms with Crippen molar-refractivity contribution >= 4 is 35.0 Å². The van der Waals surface area contributed by atoms with Crippen molar-refractivity contribution in [3.8, 4) is 0 Å². The third-order valence-corrected chi connectivity index (χ3v) is 7.09. The second-order valence-electron chi connectivity index (χ2n) is 8.81. The van der Waals surface area contributed by atoms with E-state index in [0.717, 1.165) is 43.3 Å². The first kappa shape index (κ1) is 27.9. The van der Waals surface area contributed by atoms with Gasteiger partial charge in [-0.2, -0.15) is 13.2 Å². The number of ketones is 1. The zero-order valence-corrected chi connectivity index (χ0v) is 22.1. The van der Waals surface area contributed by atoms with Crippen molar-refractivity contribution < 1.29 is 18.0 Å². The molecular formula is C26H32F3N5OS. The molecule has 0 saturated carbocycles. The molecule has 0 aliphatic carbocycles. The molecule has 1 N–H and O–H groups in total. The molecule has 3 rings (SSSR count). The summed E-state index contributed by atoms with van der Waals surface area (Å²) in [7, 11) is 0. The van der Waals surface area contributed by atoms with Crippen LogP contribution in [0.1, 0.15) is 72.8 Å². The Balaban J connectivity index is 1.91. The number of carbonyl (C=O) groups is 1. The maximum absolute atomic E-state index is 13.8. The van der Waals surface area contributed by atoms with Crippen LogP contribution in [0.3, 0.4) is 0 Å². The van der Waals surface area contributed by atoms with Gasteiger partial charge in [0.2, 0.25) is 5.95 Å². The number of piperidine rings is 1. The highest BCUT2D eigenvalue weighted by molar-refractivity contribution is 7.96. The lowest BCUT2D eigenvalue weighted by molar-refractivity contribution is -0.138. The average molecular weight is 520 g/mol. The van der Waals surface area contributed by atoms with E-state index in [-0.39, 0.29) is 29.0 Å². The number of benzene rings is 1. The zero-order valence-electron chi connectivity index (χ0n) is 21.2. The molecule has 0 unspecified atom stereocenters. The zero-order chi connectivity index (χ0) is 26.5. The summed E-state index contributed by atoms with van der Waals surface area (Å²) in [5.74, 6) is 0.154. The molecule has 2 heterocycles. The fraction of sp³-hybridized carbons (Fsp3) is 0.462.